The third-order valence-electron chi connectivity index (χ3n) is 3.10. The topological polar surface area (TPSA) is 27.7 Å². The highest BCUT2D eigenvalue weighted by atomic mass is 19.4. The molecule has 0 saturated heterocycles. The van der Waals surface area contributed by atoms with Crippen molar-refractivity contribution in [3.05, 3.63) is 47.0 Å². The second-order valence-corrected chi connectivity index (χ2v) is 5.82. The fourth-order valence-corrected chi connectivity index (χ4v) is 1.59. The summed E-state index contributed by atoms with van der Waals surface area (Å²) in [6.45, 7) is 0. The lowest BCUT2D eigenvalue weighted by Gasteiger charge is -2.27. The molecule has 0 aromatic heterocycles. The first-order chi connectivity index (χ1) is 16.9. The van der Waals surface area contributed by atoms with Crippen molar-refractivity contribution in [3.8, 4) is 0 Å². The van der Waals surface area contributed by atoms with E-state index in [9.17, 15) is 96.6 Å². The minimum Gasteiger partial charge on any atom is -0.399 e. The summed E-state index contributed by atoms with van der Waals surface area (Å²) in [6.07, 6.45) is -28.3. The van der Waals surface area contributed by atoms with Crippen LogP contribution in [0, 0.1) is 0 Å². The molecule has 0 spiro atoms. The normalized spacial score (nSPS) is 19.7. The largest absolute Gasteiger partial charge is 0.525 e. The number of hydrogen-bond donors (Lipinski definition) is 0. The Kier molecular flexibility index (Phi) is 10.5. The van der Waals surface area contributed by atoms with Crippen LogP contribution in [0.25, 0.3) is 0 Å². The minimum atomic E-state index is -7.31. The van der Waals surface area contributed by atoms with Gasteiger partial charge in [-0.15, -0.1) is 26.3 Å². The maximum atomic E-state index is 13.4. The van der Waals surface area contributed by atoms with Crippen molar-refractivity contribution in [2.45, 2.75) is 36.8 Å². The number of hydrogen-bond acceptors (Lipinski definition) is 3. The van der Waals surface area contributed by atoms with Crippen LogP contribution in [0.3, 0.4) is 0 Å². The van der Waals surface area contributed by atoms with Crippen molar-refractivity contribution < 1.29 is 111 Å². The van der Waals surface area contributed by atoms with E-state index in [1.165, 1.54) is 0 Å². The summed E-state index contributed by atoms with van der Waals surface area (Å²) in [5.74, 6) is -40.6. The van der Waals surface area contributed by atoms with Crippen molar-refractivity contribution in [1.29, 1.82) is 0 Å². The number of ether oxygens (including phenoxy) is 3. The van der Waals surface area contributed by atoms with E-state index in [2.05, 4.69) is 4.74 Å². The third kappa shape index (κ3) is 8.56. The Morgan fingerprint density at radius 1 is 0.359 bits per heavy atom. The molecule has 0 aromatic carbocycles. The van der Waals surface area contributed by atoms with Crippen molar-refractivity contribution in [3.63, 3.8) is 0 Å². The standard InChI is InChI=1S/C14F22O3/c15-1(5(19)9(23,11(25,26)27)38-13(31,32)33)3(17)7(21)37-8(22)4(18)2(16)6(20)10(24,12(28,29)30)39-14(34,35)36. The van der Waals surface area contributed by atoms with Crippen LogP contribution in [-0.4, -0.2) is 36.8 Å². The van der Waals surface area contributed by atoms with E-state index in [4.69, 9.17) is 0 Å². The highest BCUT2D eigenvalue weighted by Crippen LogP contribution is 2.49. The fourth-order valence-electron chi connectivity index (χ4n) is 1.59. The monoisotopic (exact) mass is 634 g/mol. The Balaban J connectivity index is 6.75. The van der Waals surface area contributed by atoms with Gasteiger partial charge in [-0.1, -0.05) is 0 Å². The lowest BCUT2D eigenvalue weighted by atomic mass is 10.2. The van der Waals surface area contributed by atoms with Gasteiger partial charge in [0.25, 0.3) is 0 Å². The van der Waals surface area contributed by atoms with Crippen LogP contribution in [0.5, 0.6) is 0 Å². The predicted molar refractivity (Wildman–Crippen MR) is 72.1 cm³/mol. The molecule has 0 aromatic rings. The Hall–Kier alpha value is -2.86. The van der Waals surface area contributed by atoms with E-state index in [0.717, 1.165) is 0 Å². The zero-order valence-corrected chi connectivity index (χ0v) is 16.5. The van der Waals surface area contributed by atoms with Crippen LogP contribution in [0.1, 0.15) is 0 Å². The summed E-state index contributed by atoms with van der Waals surface area (Å²) in [5.41, 5.74) is 0. The van der Waals surface area contributed by atoms with Crippen LogP contribution >= 0.6 is 0 Å². The molecule has 0 aliphatic rings. The van der Waals surface area contributed by atoms with E-state index < -0.39 is 83.8 Å². The summed E-state index contributed by atoms with van der Waals surface area (Å²) in [7, 11) is 0. The Morgan fingerprint density at radius 3 is 0.769 bits per heavy atom. The van der Waals surface area contributed by atoms with Crippen LogP contribution in [-0.2, 0) is 14.2 Å². The molecule has 3 nitrogen and oxygen atoms in total. The summed E-state index contributed by atoms with van der Waals surface area (Å²) in [5, 5.41) is 0. The first kappa shape index (κ1) is 36.1. The van der Waals surface area contributed by atoms with Crippen LogP contribution in [0.2, 0.25) is 0 Å². The molecule has 0 bridgehead atoms. The molecule has 39 heavy (non-hydrogen) atoms. The molecule has 0 N–H and O–H groups in total. The molecule has 2 unspecified atom stereocenters. The smallest absolute Gasteiger partial charge is 0.399 e. The maximum Gasteiger partial charge on any atom is 0.525 e. The molecule has 2 atom stereocenters. The molecule has 228 valence electrons. The Morgan fingerprint density at radius 2 is 0.590 bits per heavy atom. The molecule has 0 aliphatic heterocycles. The van der Waals surface area contributed by atoms with Gasteiger partial charge < -0.3 is 4.74 Å². The SMILES string of the molecule is FC(OC(F)=C(F)C(F)=C(F)C(F)(OC(F)(F)F)C(F)(F)F)=C(F)C(F)=C(F)C(F)(OC(F)(F)F)C(F)(F)F. The van der Waals surface area contributed by atoms with E-state index in [1.54, 1.807) is 9.47 Å². The van der Waals surface area contributed by atoms with Gasteiger partial charge in [-0.2, -0.15) is 52.7 Å². The molecular weight excluding hydrogens is 634 g/mol. The molecule has 0 aliphatic carbocycles. The van der Waals surface area contributed by atoms with Crippen LogP contribution in [0.15, 0.2) is 47.0 Å². The van der Waals surface area contributed by atoms with Crippen LogP contribution in [0.4, 0.5) is 96.6 Å². The molecule has 0 rings (SSSR count). The summed E-state index contributed by atoms with van der Waals surface area (Å²) < 4.78 is 284. The van der Waals surface area contributed by atoms with E-state index in [1.807, 2.05) is 0 Å². The van der Waals surface area contributed by atoms with Gasteiger partial charge in [0.05, 0.1) is 0 Å². The molecule has 0 saturated carbocycles. The first-order valence-corrected chi connectivity index (χ1v) is 7.88. The predicted octanol–water partition coefficient (Wildman–Crippen LogP) is 9.05. The average molecular weight is 634 g/mol. The zero-order chi connectivity index (χ0) is 31.7. The van der Waals surface area contributed by atoms with Gasteiger partial charge in [-0.3, -0.25) is 0 Å². The number of rotatable bonds is 8. The van der Waals surface area contributed by atoms with Crippen molar-refractivity contribution >= 4 is 0 Å². The van der Waals surface area contributed by atoms with E-state index in [0.29, 0.717) is 0 Å². The Labute approximate surface area is 196 Å². The molecule has 0 heterocycles. The van der Waals surface area contributed by atoms with Gasteiger partial charge in [-0.05, 0) is 0 Å². The van der Waals surface area contributed by atoms with E-state index >= 15 is 0 Å². The first-order valence-electron chi connectivity index (χ1n) is 7.88. The van der Waals surface area contributed by atoms with Gasteiger partial charge in [-0.25, -0.2) is 27.0 Å². The minimum absolute atomic E-state index is 1.60. The molecule has 25 heteroatoms. The van der Waals surface area contributed by atoms with Gasteiger partial charge >= 0.3 is 48.8 Å². The Bertz CT molecular complexity index is 956. The summed E-state index contributed by atoms with van der Waals surface area (Å²) >= 11 is 0. The molecule has 0 radical (unpaired) electrons. The molecule has 0 amide bonds. The second kappa shape index (κ2) is 11.3. The van der Waals surface area contributed by atoms with Crippen molar-refractivity contribution in [1.82, 2.24) is 0 Å². The fraction of sp³-hybridized carbons (Fsp3) is 0.429. The maximum absolute atomic E-state index is 13.4. The van der Waals surface area contributed by atoms with Crippen LogP contribution < -0.4 is 0 Å². The van der Waals surface area contributed by atoms with Gasteiger partial charge in [0, 0.05) is 0 Å². The number of alkyl halides is 14. The van der Waals surface area contributed by atoms with E-state index in [-0.39, 0.29) is 0 Å². The number of halogens is 22. The molecule has 0 fully saturated rings. The summed E-state index contributed by atoms with van der Waals surface area (Å²) in [4.78, 5) is 0. The third-order valence-corrected chi connectivity index (χ3v) is 3.10. The van der Waals surface area contributed by atoms with Crippen molar-refractivity contribution in [2.24, 2.45) is 0 Å². The zero-order valence-electron chi connectivity index (χ0n) is 16.5. The van der Waals surface area contributed by atoms with Gasteiger partial charge in [0.1, 0.15) is 0 Å². The van der Waals surface area contributed by atoms with Gasteiger partial charge in [0.2, 0.25) is 35.0 Å². The number of allylic oxidation sites excluding steroid dienone is 4. The van der Waals surface area contributed by atoms with Gasteiger partial charge in [0.15, 0.2) is 0 Å². The lowest BCUT2D eigenvalue weighted by molar-refractivity contribution is -0.439. The summed E-state index contributed by atoms with van der Waals surface area (Å²) in [6, 6.07) is -8.18. The quantitative estimate of drug-likeness (QED) is 0.152. The molecular formula is C14F22O3. The average Bonchev–Trinajstić information content (AvgIpc) is 2.71. The van der Waals surface area contributed by atoms with Crippen molar-refractivity contribution in [2.75, 3.05) is 0 Å². The highest BCUT2D eigenvalue weighted by Gasteiger charge is 2.68. The second-order valence-electron chi connectivity index (χ2n) is 5.82. The lowest BCUT2D eigenvalue weighted by Crippen LogP contribution is -2.48. The highest BCUT2D eigenvalue weighted by molar-refractivity contribution is 5.30.